The summed E-state index contributed by atoms with van der Waals surface area (Å²) in [5.74, 6) is 0.306. The van der Waals surface area contributed by atoms with Gasteiger partial charge in [-0.2, -0.15) is 16.6 Å². The number of rotatable bonds is 3. The van der Waals surface area contributed by atoms with Crippen molar-refractivity contribution in [2.45, 2.75) is 6.54 Å². The van der Waals surface area contributed by atoms with E-state index in [1.54, 1.807) is 33.6 Å². The van der Waals surface area contributed by atoms with Gasteiger partial charge in [-0.15, -0.1) is 21.5 Å². The van der Waals surface area contributed by atoms with Crippen molar-refractivity contribution in [2.75, 3.05) is 0 Å². The normalized spacial score (nSPS) is 10.4. The van der Waals surface area contributed by atoms with Crippen LogP contribution < -0.4 is 0 Å². The van der Waals surface area contributed by atoms with Crippen LogP contribution in [0, 0.1) is 11.3 Å². The third-order valence-corrected chi connectivity index (χ3v) is 3.99. The second kappa shape index (κ2) is 4.68. The summed E-state index contributed by atoms with van der Waals surface area (Å²) in [7, 11) is 0. The lowest BCUT2D eigenvalue weighted by molar-refractivity contribution is 0.764. The summed E-state index contributed by atoms with van der Waals surface area (Å²) in [6, 6.07) is 4.05. The average Bonchev–Trinajstić information content (AvgIpc) is 3.10. The first-order chi connectivity index (χ1) is 8.86. The van der Waals surface area contributed by atoms with Crippen molar-refractivity contribution in [3.05, 3.63) is 40.1 Å². The van der Waals surface area contributed by atoms with Crippen LogP contribution in [0.25, 0.3) is 10.6 Å². The molecule has 0 amide bonds. The highest BCUT2D eigenvalue weighted by Gasteiger charge is 2.08. The lowest BCUT2D eigenvalue weighted by Gasteiger charge is -1.97. The van der Waals surface area contributed by atoms with Crippen LogP contribution in [0.5, 0.6) is 0 Å². The Morgan fingerprint density at radius 2 is 2.33 bits per heavy atom. The van der Waals surface area contributed by atoms with Gasteiger partial charge in [0, 0.05) is 16.3 Å². The van der Waals surface area contributed by atoms with Gasteiger partial charge in [-0.3, -0.25) is 4.57 Å². The number of aromatic nitrogens is 4. The maximum absolute atomic E-state index is 8.85. The molecule has 0 atom stereocenters. The van der Waals surface area contributed by atoms with Gasteiger partial charge in [0.2, 0.25) is 5.82 Å². The van der Waals surface area contributed by atoms with Gasteiger partial charge in [0.25, 0.3) is 0 Å². The molecule has 0 unspecified atom stereocenters. The Labute approximate surface area is 111 Å². The molecule has 0 radical (unpaired) electrons. The van der Waals surface area contributed by atoms with Crippen LogP contribution in [0.15, 0.2) is 28.5 Å². The number of hydrogen-bond acceptors (Lipinski definition) is 6. The van der Waals surface area contributed by atoms with E-state index in [2.05, 4.69) is 20.6 Å². The van der Waals surface area contributed by atoms with Crippen LogP contribution in [0.1, 0.15) is 11.5 Å². The van der Waals surface area contributed by atoms with Crippen molar-refractivity contribution in [3.8, 4) is 16.6 Å². The number of thiazole rings is 1. The van der Waals surface area contributed by atoms with Crippen molar-refractivity contribution in [1.29, 1.82) is 5.26 Å². The average molecular weight is 273 g/mol. The van der Waals surface area contributed by atoms with E-state index in [0.717, 1.165) is 16.3 Å². The van der Waals surface area contributed by atoms with E-state index in [9.17, 15) is 0 Å². The molecular weight excluding hydrogens is 266 g/mol. The van der Waals surface area contributed by atoms with Gasteiger partial charge < -0.3 is 0 Å². The summed E-state index contributed by atoms with van der Waals surface area (Å²) in [6.07, 6.45) is 1.54. The Morgan fingerprint density at radius 3 is 3.11 bits per heavy atom. The van der Waals surface area contributed by atoms with Crippen LogP contribution in [-0.2, 0) is 6.54 Å². The van der Waals surface area contributed by atoms with Crippen molar-refractivity contribution >= 4 is 22.7 Å². The summed E-state index contributed by atoms with van der Waals surface area (Å²) in [5, 5.41) is 23.4. The van der Waals surface area contributed by atoms with Crippen LogP contribution >= 0.6 is 22.7 Å². The summed E-state index contributed by atoms with van der Waals surface area (Å²) in [6.45, 7) is 0.524. The van der Waals surface area contributed by atoms with Crippen LogP contribution in [0.3, 0.4) is 0 Å². The molecule has 0 aliphatic rings. The number of hydrogen-bond donors (Lipinski definition) is 0. The number of nitrogens with zero attached hydrogens (tertiary/aromatic N) is 5. The van der Waals surface area contributed by atoms with Gasteiger partial charge >= 0.3 is 0 Å². The third-order valence-electron chi connectivity index (χ3n) is 2.37. The number of nitriles is 1. The SMILES string of the molecule is N#Cc1nncn1Cc1csc(-c2ccsc2)n1. The molecule has 0 fully saturated rings. The first-order valence-electron chi connectivity index (χ1n) is 5.11. The van der Waals surface area contributed by atoms with E-state index >= 15 is 0 Å². The fraction of sp³-hybridized carbons (Fsp3) is 0.0909. The molecule has 0 spiro atoms. The summed E-state index contributed by atoms with van der Waals surface area (Å²) >= 11 is 3.25. The highest BCUT2D eigenvalue weighted by molar-refractivity contribution is 7.14. The van der Waals surface area contributed by atoms with Crippen molar-refractivity contribution in [1.82, 2.24) is 19.7 Å². The molecule has 0 N–H and O–H groups in total. The fourth-order valence-corrected chi connectivity index (χ4v) is 3.05. The Kier molecular flexibility index (Phi) is 2.88. The molecule has 0 saturated carbocycles. The van der Waals surface area contributed by atoms with E-state index in [-0.39, 0.29) is 0 Å². The van der Waals surface area contributed by atoms with Gasteiger partial charge in [0.1, 0.15) is 17.4 Å². The Hall–Kier alpha value is -2.04. The predicted octanol–water partition coefficient (Wildman–Crippen LogP) is 2.38. The minimum atomic E-state index is 0.306. The van der Waals surface area contributed by atoms with Crippen LogP contribution in [0.2, 0.25) is 0 Å². The first-order valence-corrected chi connectivity index (χ1v) is 6.94. The fourth-order valence-electron chi connectivity index (χ4n) is 1.53. The Balaban J connectivity index is 1.85. The molecule has 7 heteroatoms. The third kappa shape index (κ3) is 2.03. The van der Waals surface area contributed by atoms with E-state index < -0.39 is 0 Å². The van der Waals surface area contributed by atoms with Crippen molar-refractivity contribution < 1.29 is 0 Å². The van der Waals surface area contributed by atoms with Gasteiger partial charge in [-0.1, -0.05) is 0 Å². The van der Waals surface area contributed by atoms with Gasteiger partial charge in [-0.25, -0.2) is 4.98 Å². The van der Waals surface area contributed by atoms with Crippen molar-refractivity contribution in [2.24, 2.45) is 0 Å². The minimum Gasteiger partial charge on any atom is -0.299 e. The molecule has 0 saturated heterocycles. The van der Waals surface area contributed by atoms with E-state index in [1.165, 1.54) is 0 Å². The monoisotopic (exact) mass is 273 g/mol. The molecule has 5 nitrogen and oxygen atoms in total. The van der Waals surface area contributed by atoms with E-state index in [0.29, 0.717) is 12.4 Å². The zero-order chi connectivity index (χ0) is 12.4. The predicted molar refractivity (Wildman–Crippen MR) is 69.3 cm³/mol. The minimum absolute atomic E-state index is 0.306. The largest absolute Gasteiger partial charge is 0.299 e. The van der Waals surface area contributed by atoms with Crippen molar-refractivity contribution in [3.63, 3.8) is 0 Å². The van der Waals surface area contributed by atoms with E-state index in [4.69, 9.17) is 5.26 Å². The zero-order valence-electron chi connectivity index (χ0n) is 9.15. The maximum Gasteiger partial charge on any atom is 0.235 e. The maximum atomic E-state index is 8.85. The second-order valence-electron chi connectivity index (χ2n) is 3.55. The molecule has 3 heterocycles. The molecule has 3 aromatic rings. The molecule has 0 aromatic carbocycles. The molecule has 88 valence electrons. The molecular formula is C11H7N5S2. The molecule has 0 bridgehead atoms. The molecule has 3 aromatic heterocycles. The van der Waals surface area contributed by atoms with E-state index in [1.807, 2.05) is 22.9 Å². The molecule has 3 rings (SSSR count). The first kappa shape index (κ1) is 11.1. The van der Waals surface area contributed by atoms with Crippen LogP contribution in [0.4, 0.5) is 0 Å². The van der Waals surface area contributed by atoms with Gasteiger partial charge in [-0.05, 0) is 11.4 Å². The number of thiophene rings is 1. The topological polar surface area (TPSA) is 67.4 Å². The summed E-state index contributed by atoms with van der Waals surface area (Å²) in [4.78, 5) is 4.54. The zero-order valence-corrected chi connectivity index (χ0v) is 10.8. The Bertz CT molecular complexity index is 689. The quantitative estimate of drug-likeness (QED) is 0.734. The molecule has 0 aliphatic heterocycles. The molecule has 0 aliphatic carbocycles. The highest BCUT2D eigenvalue weighted by atomic mass is 32.1. The second-order valence-corrected chi connectivity index (χ2v) is 5.19. The standard InChI is InChI=1S/C11H7N5S2/c12-3-10-15-13-7-16(10)4-9-6-18-11(14-9)8-1-2-17-5-8/h1-2,5-7H,4H2. The summed E-state index contributed by atoms with van der Waals surface area (Å²) < 4.78 is 1.69. The summed E-state index contributed by atoms with van der Waals surface area (Å²) in [5.41, 5.74) is 2.05. The smallest absolute Gasteiger partial charge is 0.235 e. The van der Waals surface area contributed by atoms with Crippen LogP contribution in [-0.4, -0.2) is 19.7 Å². The molecule has 18 heavy (non-hydrogen) atoms. The van der Waals surface area contributed by atoms with Gasteiger partial charge in [0.05, 0.1) is 12.2 Å². The highest BCUT2D eigenvalue weighted by Crippen LogP contribution is 2.25. The van der Waals surface area contributed by atoms with Gasteiger partial charge in [0.15, 0.2) is 0 Å². The Morgan fingerprint density at radius 1 is 1.39 bits per heavy atom. The lowest BCUT2D eigenvalue weighted by atomic mass is 10.3. The lowest BCUT2D eigenvalue weighted by Crippen LogP contribution is -2.01.